The lowest BCUT2D eigenvalue weighted by atomic mass is 9.98. The van der Waals surface area contributed by atoms with Gasteiger partial charge in [-0.2, -0.15) is 0 Å². The molecule has 0 unspecified atom stereocenters. The van der Waals surface area contributed by atoms with Gasteiger partial charge in [0.1, 0.15) is 12.1 Å². The van der Waals surface area contributed by atoms with Gasteiger partial charge in [0.2, 0.25) is 5.91 Å². The number of carbonyl (C=O) groups is 3. The molecule has 1 saturated heterocycles. The van der Waals surface area contributed by atoms with Crippen molar-refractivity contribution < 1.29 is 31.6 Å². The Bertz CT molecular complexity index is 1230. The highest BCUT2D eigenvalue weighted by Crippen LogP contribution is 2.35. The molecule has 9 nitrogen and oxygen atoms in total. The number of nitrogens with one attached hydrogen (secondary N) is 3. The molecule has 0 radical (unpaired) electrons. The number of imide groups is 1. The molecule has 1 heterocycles. The van der Waals surface area contributed by atoms with Gasteiger partial charge in [0.25, 0.3) is 15.9 Å². The number of nitrogens with zero attached hydrogens (tertiary/aromatic N) is 1. The first-order valence-electron chi connectivity index (χ1n) is 10.1. The predicted octanol–water partition coefficient (Wildman–Crippen LogP) is 2.57. The second-order valence-electron chi connectivity index (χ2n) is 7.92. The van der Waals surface area contributed by atoms with Crippen molar-refractivity contribution in [2.45, 2.75) is 36.1 Å². The van der Waals surface area contributed by atoms with Crippen LogP contribution in [0.25, 0.3) is 0 Å². The summed E-state index contributed by atoms with van der Waals surface area (Å²) >= 11 is 0. The fourth-order valence-electron chi connectivity index (χ4n) is 3.96. The zero-order chi connectivity index (χ0) is 23.8. The van der Waals surface area contributed by atoms with Gasteiger partial charge in [-0.25, -0.2) is 22.0 Å². The van der Waals surface area contributed by atoms with Crippen LogP contribution in [0.5, 0.6) is 0 Å². The van der Waals surface area contributed by atoms with Gasteiger partial charge < -0.3 is 10.6 Å². The van der Waals surface area contributed by atoms with Crippen molar-refractivity contribution in [3.8, 4) is 0 Å². The van der Waals surface area contributed by atoms with Gasteiger partial charge in [0, 0.05) is 11.4 Å². The van der Waals surface area contributed by atoms with E-state index in [0.29, 0.717) is 30.7 Å². The van der Waals surface area contributed by atoms with Crippen LogP contribution in [0.4, 0.5) is 25.0 Å². The highest BCUT2D eigenvalue weighted by Gasteiger charge is 2.52. The monoisotopic (exact) mass is 478 g/mol. The zero-order valence-corrected chi connectivity index (χ0v) is 18.0. The van der Waals surface area contributed by atoms with Gasteiger partial charge in [-0.3, -0.25) is 19.2 Å². The summed E-state index contributed by atoms with van der Waals surface area (Å²) < 4.78 is 53.3. The maximum Gasteiger partial charge on any atom is 0.325 e. The third kappa shape index (κ3) is 4.51. The molecule has 3 N–H and O–H groups in total. The third-order valence-electron chi connectivity index (χ3n) is 5.63. The van der Waals surface area contributed by atoms with Gasteiger partial charge in [-0.15, -0.1) is 0 Å². The van der Waals surface area contributed by atoms with E-state index in [2.05, 4.69) is 15.4 Å². The van der Waals surface area contributed by atoms with E-state index in [1.54, 1.807) is 0 Å². The number of amides is 4. The van der Waals surface area contributed by atoms with E-state index in [1.165, 1.54) is 24.3 Å². The number of urea groups is 1. The first-order chi connectivity index (χ1) is 15.6. The van der Waals surface area contributed by atoms with Crippen molar-refractivity contribution >= 4 is 39.2 Å². The Hall–Kier alpha value is -3.54. The topological polar surface area (TPSA) is 125 Å². The van der Waals surface area contributed by atoms with Crippen LogP contribution in [0, 0.1) is 11.6 Å². The molecule has 2 aliphatic rings. The first kappa shape index (κ1) is 22.6. The van der Waals surface area contributed by atoms with E-state index in [0.717, 1.165) is 23.8 Å². The Morgan fingerprint density at radius 2 is 1.64 bits per heavy atom. The second-order valence-corrected chi connectivity index (χ2v) is 9.60. The molecule has 2 aromatic carbocycles. The van der Waals surface area contributed by atoms with Crippen LogP contribution in [0.3, 0.4) is 0 Å². The number of benzene rings is 2. The van der Waals surface area contributed by atoms with Gasteiger partial charge in [-0.05, 0) is 55.3 Å². The fraction of sp³-hybridized carbons (Fsp3) is 0.286. The predicted molar refractivity (Wildman–Crippen MR) is 114 cm³/mol. The summed E-state index contributed by atoms with van der Waals surface area (Å²) in [5, 5.41) is 5.24. The average molecular weight is 478 g/mol. The molecule has 1 aliphatic heterocycles. The summed E-state index contributed by atoms with van der Waals surface area (Å²) in [6.45, 7) is -0.447. The second kappa shape index (κ2) is 8.43. The molecule has 12 heteroatoms. The minimum Gasteiger partial charge on any atom is -0.325 e. The number of sulfonamides is 1. The fourth-order valence-corrected chi connectivity index (χ4v) is 5.03. The highest BCUT2D eigenvalue weighted by atomic mass is 32.2. The van der Waals surface area contributed by atoms with Crippen molar-refractivity contribution in [2.24, 2.45) is 0 Å². The van der Waals surface area contributed by atoms with E-state index in [-0.39, 0.29) is 5.69 Å². The maximum absolute atomic E-state index is 13.3. The molecule has 0 aromatic heterocycles. The summed E-state index contributed by atoms with van der Waals surface area (Å²) in [5.74, 6) is -3.45. The molecule has 4 amide bonds. The van der Waals surface area contributed by atoms with Crippen LogP contribution in [-0.4, -0.2) is 43.2 Å². The van der Waals surface area contributed by atoms with Crippen LogP contribution in [0.2, 0.25) is 0 Å². The van der Waals surface area contributed by atoms with Crippen molar-refractivity contribution in [3.05, 3.63) is 54.1 Å². The molecule has 2 fully saturated rings. The highest BCUT2D eigenvalue weighted by molar-refractivity contribution is 7.92. The molecule has 1 aliphatic carbocycles. The third-order valence-corrected chi connectivity index (χ3v) is 7.01. The average Bonchev–Trinajstić information content (AvgIpc) is 3.32. The molecule has 1 spiro atoms. The van der Waals surface area contributed by atoms with E-state index in [9.17, 15) is 31.6 Å². The summed E-state index contributed by atoms with van der Waals surface area (Å²) in [6.07, 6.45) is 2.77. The van der Waals surface area contributed by atoms with E-state index in [1.807, 2.05) is 0 Å². The Morgan fingerprint density at radius 1 is 1.00 bits per heavy atom. The number of rotatable bonds is 6. The van der Waals surface area contributed by atoms with E-state index < -0.39 is 56.5 Å². The minimum atomic E-state index is -4.16. The molecule has 174 valence electrons. The van der Waals surface area contributed by atoms with E-state index >= 15 is 0 Å². The number of hydrogen-bond donors (Lipinski definition) is 3. The van der Waals surface area contributed by atoms with Crippen molar-refractivity contribution in [3.63, 3.8) is 0 Å². The Kier molecular flexibility index (Phi) is 5.78. The van der Waals surface area contributed by atoms with Crippen LogP contribution in [0.1, 0.15) is 25.7 Å². The zero-order valence-electron chi connectivity index (χ0n) is 17.2. The van der Waals surface area contributed by atoms with Crippen LogP contribution >= 0.6 is 0 Å². The SMILES string of the molecule is O=C(CN1C(=O)NC2(CCCC2)C1=O)Nc1ccc(NS(=O)(=O)c2ccc(F)c(F)c2)cc1. The quantitative estimate of drug-likeness (QED) is 0.551. The molecule has 2 aromatic rings. The Morgan fingerprint density at radius 3 is 2.27 bits per heavy atom. The standard InChI is InChI=1S/C21H20F2N4O5S/c22-16-8-7-15(11-17(16)23)33(31,32)26-14-5-3-13(4-6-14)24-18(28)12-27-19(29)21(25-20(27)30)9-1-2-10-21/h3-8,11,26H,1-2,9-10,12H2,(H,24,28)(H,25,30). The summed E-state index contributed by atoms with van der Waals surface area (Å²) in [5.41, 5.74) is -0.475. The lowest BCUT2D eigenvalue weighted by molar-refractivity contribution is -0.133. The number of carbonyl (C=O) groups excluding carboxylic acids is 3. The molecular weight excluding hydrogens is 458 g/mol. The lowest BCUT2D eigenvalue weighted by Gasteiger charge is -2.19. The normalized spacial score (nSPS) is 17.3. The van der Waals surface area contributed by atoms with Crippen molar-refractivity contribution in [1.82, 2.24) is 10.2 Å². The molecule has 33 heavy (non-hydrogen) atoms. The summed E-state index contributed by atoms with van der Waals surface area (Å²) in [6, 6.07) is 7.14. The van der Waals surface area contributed by atoms with Crippen molar-refractivity contribution in [1.29, 1.82) is 0 Å². The van der Waals surface area contributed by atoms with Crippen LogP contribution in [0.15, 0.2) is 47.4 Å². The molecule has 1 saturated carbocycles. The van der Waals surface area contributed by atoms with Crippen LogP contribution in [-0.2, 0) is 19.6 Å². The number of halogens is 2. The van der Waals surface area contributed by atoms with Gasteiger partial charge in [-0.1, -0.05) is 12.8 Å². The number of anilines is 2. The largest absolute Gasteiger partial charge is 0.325 e. The van der Waals surface area contributed by atoms with Gasteiger partial charge >= 0.3 is 6.03 Å². The minimum absolute atomic E-state index is 0.120. The van der Waals surface area contributed by atoms with Gasteiger partial charge in [0.15, 0.2) is 11.6 Å². The maximum atomic E-state index is 13.3. The van der Waals surface area contributed by atoms with Gasteiger partial charge in [0.05, 0.1) is 4.90 Å². The molecular formula is C21H20F2N4O5S. The summed E-state index contributed by atoms with van der Waals surface area (Å²) in [4.78, 5) is 37.6. The molecule has 0 atom stereocenters. The van der Waals surface area contributed by atoms with E-state index in [4.69, 9.17) is 0 Å². The first-order valence-corrected chi connectivity index (χ1v) is 11.6. The van der Waals surface area contributed by atoms with Crippen molar-refractivity contribution in [2.75, 3.05) is 16.6 Å². The smallest absolute Gasteiger partial charge is 0.325 e. The molecule has 4 rings (SSSR count). The lowest BCUT2D eigenvalue weighted by Crippen LogP contribution is -2.44. The number of hydrogen-bond acceptors (Lipinski definition) is 5. The molecule has 0 bridgehead atoms. The Balaban J connectivity index is 1.37. The summed E-state index contributed by atoms with van der Waals surface area (Å²) in [7, 11) is -4.16. The Labute approximate surface area is 188 Å². The van der Waals surface area contributed by atoms with Crippen LogP contribution < -0.4 is 15.4 Å².